The van der Waals surface area contributed by atoms with Crippen molar-refractivity contribution in [2.75, 3.05) is 19.7 Å². The molecule has 9 heteroatoms. The van der Waals surface area contributed by atoms with Gasteiger partial charge in [-0.05, 0) is 71.5 Å². The van der Waals surface area contributed by atoms with Crippen LogP contribution in [0.3, 0.4) is 0 Å². The largest absolute Gasteiger partial charge is 0.465 e. The maximum atomic E-state index is 14.8. The summed E-state index contributed by atoms with van der Waals surface area (Å²) in [5.41, 5.74) is 0.308. The van der Waals surface area contributed by atoms with Gasteiger partial charge in [-0.15, -0.1) is 0 Å². The van der Waals surface area contributed by atoms with Crippen LogP contribution in [-0.4, -0.2) is 35.8 Å². The number of ether oxygens (including phenoxy) is 1. The zero-order chi connectivity index (χ0) is 26.6. The lowest BCUT2D eigenvalue weighted by Crippen LogP contribution is -2.47. The molecule has 5 nitrogen and oxygen atoms in total. The van der Waals surface area contributed by atoms with E-state index in [4.69, 9.17) is 10.00 Å². The average Bonchev–Trinajstić information content (AvgIpc) is 2.88. The Hall–Kier alpha value is -3.90. The van der Waals surface area contributed by atoms with E-state index in [0.29, 0.717) is 40.7 Å². The fraction of sp³-hybridized carbons (Fsp3) is 0.286. The molecule has 0 aromatic heterocycles. The van der Waals surface area contributed by atoms with Crippen molar-refractivity contribution in [2.24, 2.45) is 0 Å². The standard InChI is InChI=1S/C28H24F4N2O3/c29-25-4-2-1-3-24(25)27(9-11-34(12-10-27)26(35)36)18-37-17-20-13-22(15-23(14-20)28(30,31)32)21-7-5-19(16-33)6-8-21/h1-8,13-15H,9-12,17-18H2,(H,35,36). The fourth-order valence-corrected chi connectivity index (χ4v) is 4.72. The summed E-state index contributed by atoms with van der Waals surface area (Å²) in [7, 11) is 0. The molecule has 192 valence electrons. The van der Waals surface area contributed by atoms with E-state index in [0.717, 1.165) is 12.1 Å². The number of amides is 1. The molecule has 37 heavy (non-hydrogen) atoms. The first-order valence-electron chi connectivity index (χ1n) is 11.6. The quantitative estimate of drug-likeness (QED) is 0.377. The molecule has 0 saturated carbocycles. The molecule has 1 aliphatic rings. The van der Waals surface area contributed by atoms with Crippen LogP contribution in [0.15, 0.2) is 66.7 Å². The molecular weight excluding hydrogens is 488 g/mol. The Morgan fingerprint density at radius 2 is 1.70 bits per heavy atom. The number of halogens is 4. The monoisotopic (exact) mass is 512 g/mol. The van der Waals surface area contributed by atoms with Crippen molar-refractivity contribution in [2.45, 2.75) is 31.0 Å². The Morgan fingerprint density at radius 3 is 2.30 bits per heavy atom. The molecule has 1 saturated heterocycles. The molecule has 0 radical (unpaired) electrons. The van der Waals surface area contributed by atoms with Crippen LogP contribution in [0.2, 0.25) is 0 Å². The molecular formula is C28H24F4N2O3. The molecule has 0 unspecified atom stereocenters. The molecule has 3 aromatic carbocycles. The van der Waals surface area contributed by atoms with Gasteiger partial charge in [0.2, 0.25) is 0 Å². The van der Waals surface area contributed by atoms with Gasteiger partial charge >= 0.3 is 12.3 Å². The SMILES string of the molecule is N#Cc1ccc(-c2cc(COCC3(c4ccccc4F)CCN(C(=O)O)CC3)cc(C(F)(F)F)c2)cc1. The summed E-state index contributed by atoms with van der Waals surface area (Å²) in [6.07, 6.45) is -4.99. The maximum Gasteiger partial charge on any atom is 0.416 e. The van der Waals surface area contributed by atoms with E-state index in [-0.39, 0.29) is 26.3 Å². The Balaban J connectivity index is 1.59. The van der Waals surface area contributed by atoms with E-state index < -0.39 is 29.1 Å². The molecule has 3 aromatic rings. The van der Waals surface area contributed by atoms with Crippen LogP contribution in [0.25, 0.3) is 11.1 Å². The topological polar surface area (TPSA) is 73.6 Å². The van der Waals surface area contributed by atoms with E-state index in [1.165, 1.54) is 23.1 Å². The summed E-state index contributed by atoms with van der Waals surface area (Å²) < 4.78 is 61.6. The molecule has 1 fully saturated rings. The second-order valence-corrected chi connectivity index (χ2v) is 9.13. The molecule has 1 N–H and O–H groups in total. The second kappa shape index (κ2) is 10.6. The van der Waals surface area contributed by atoms with Gasteiger partial charge in [0, 0.05) is 18.5 Å². The number of nitrogens with zero attached hydrogens (tertiary/aromatic N) is 2. The summed E-state index contributed by atoms with van der Waals surface area (Å²) in [5.74, 6) is -0.433. The lowest BCUT2D eigenvalue weighted by atomic mass is 9.73. The maximum absolute atomic E-state index is 14.8. The zero-order valence-corrected chi connectivity index (χ0v) is 19.8. The lowest BCUT2D eigenvalue weighted by molar-refractivity contribution is -0.137. The highest BCUT2D eigenvalue weighted by Crippen LogP contribution is 2.38. The van der Waals surface area contributed by atoms with Gasteiger partial charge in [-0.3, -0.25) is 0 Å². The van der Waals surface area contributed by atoms with Gasteiger partial charge in [-0.1, -0.05) is 30.3 Å². The van der Waals surface area contributed by atoms with Crippen molar-refractivity contribution in [3.05, 3.63) is 94.8 Å². The molecule has 1 aliphatic heterocycles. The minimum atomic E-state index is -4.57. The highest BCUT2D eigenvalue weighted by molar-refractivity contribution is 5.66. The van der Waals surface area contributed by atoms with Crippen molar-refractivity contribution < 1.29 is 32.2 Å². The fourth-order valence-electron chi connectivity index (χ4n) is 4.72. The minimum Gasteiger partial charge on any atom is -0.465 e. The van der Waals surface area contributed by atoms with Gasteiger partial charge < -0.3 is 14.7 Å². The van der Waals surface area contributed by atoms with Crippen LogP contribution in [0, 0.1) is 17.1 Å². The van der Waals surface area contributed by atoms with Crippen molar-refractivity contribution in [3.63, 3.8) is 0 Å². The van der Waals surface area contributed by atoms with Crippen molar-refractivity contribution in [1.29, 1.82) is 5.26 Å². The smallest absolute Gasteiger partial charge is 0.416 e. The van der Waals surface area contributed by atoms with E-state index in [2.05, 4.69) is 0 Å². The zero-order valence-electron chi connectivity index (χ0n) is 19.8. The highest BCUT2D eigenvalue weighted by Gasteiger charge is 2.39. The number of carboxylic acid groups (broad SMARTS) is 1. The van der Waals surface area contributed by atoms with Gasteiger partial charge in [0.1, 0.15) is 5.82 Å². The van der Waals surface area contributed by atoms with Crippen molar-refractivity contribution >= 4 is 6.09 Å². The third kappa shape index (κ3) is 5.92. The predicted molar refractivity (Wildman–Crippen MR) is 128 cm³/mol. The number of nitriles is 1. The Bertz CT molecular complexity index is 1310. The number of piperidine rings is 1. The van der Waals surface area contributed by atoms with Crippen LogP contribution in [0.1, 0.15) is 35.1 Å². The second-order valence-electron chi connectivity index (χ2n) is 9.13. The van der Waals surface area contributed by atoms with Crippen LogP contribution in [0.4, 0.5) is 22.4 Å². The Morgan fingerprint density at radius 1 is 1.03 bits per heavy atom. The third-order valence-electron chi connectivity index (χ3n) is 6.75. The summed E-state index contributed by atoms with van der Waals surface area (Å²) in [6, 6.07) is 18.1. The summed E-state index contributed by atoms with van der Waals surface area (Å²) in [5, 5.41) is 18.3. The molecule has 4 rings (SSSR count). The van der Waals surface area contributed by atoms with Crippen LogP contribution in [0.5, 0.6) is 0 Å². The first kappa shape index (κ1) is 26.2. The molecule has 0 bridgehead atoms. The first-order chi connectivity index (χ1) is 17.6. The predicted octanol–water partition coefficient (Wildman–Crippen LogP) is 6.61. The Labute approximate surface area is 211 Å². The number of likely N-dealkylation sites (tertiary alicyclic amines) is 1. The van der Waals surface area contributed by atoms with Crippen molar-refractivity contribution in [1.82, 2.24) is 4.90 Å². The molecule has 1 amide bonds. The number of carbonyl (C=O) groups is 1. The first-order valence-corrected chi connectivity index (χ1v) is 11.6. The molecule has 1 heterocycles. The van der Waals surface area contributed by atoms with E-state index >= 15 is 0 Å². The number of benzene rings is 3. The average molecular weight is 513 g/mol. The van der Waals surface area contributed by atoms with Crippen LogP contribution >= 0.6 is 0 Å². The number of hydrogen-bond acceptors (Lipinski definition) is 3. The highest BCUT2D eigenvalue weighted by atomic mass is 19.4. The number of hydrogen-bond donors (Lipinski definition) is 1. The lowest BCUT2D eigenvalue weighted by Gasteiger charge is -2.41. The van der Waals surface area contributed by atoms with Crippen molar-refractivity contribution in [3.8, 4) is 17.2 Å². The number of alkyl halides is 3. The van der Waals surface area contributed by atoms with Gasteiger partial charge in [0.05, 0.1) is 30.4 Å². The van der Waals surface area contributed by atoms with Crippen LogP contribution in [-0.2, 0) is 22.9 Å². The summed E-state index contributed by atoms with van der Waals surface area (Å²) in [6.45, 7) is 0.259. The van der Waals surface area contributed by atoms with Gasteiger partial charge in [-0.25, -0.2) is 9.18 Å². The molecule has 0 aliphatic carbocycles. The minimum absolute atomic E-state index is 0.0177. The van der Waals surface area contributed by atoms with E-state index in [1.807, 2.05) is 6.07 Å². The summed E-state index contributed by atoms with van der Waals surface area (Å²) in [4.78, 5) is 12.6. The third-order valence-corrected chi connectivity index (χ3v) is 6.75. The normalized spacial score (nSPS) is 15.3. The van der Waals surface area contributed by atoms with Gasteiger partial charge in [0.25, 0.3) is 0 Å². The van der Waals surface area contributed by atoms with E-state index in [1.54, 1.807) is 36.4 Å². The Kier molecular flexibility index (Phi) is 7.50. The van der Waals surface area contributed by atoms with Gasteiger partial charge in [0.15, 0.2) is 0 Å². The summed E-state index contributed by atoms with van der Waals surface area (Å²) >= 11 is 0. The molecule has 0 atom stereocenters. The van der Waals surface area contributed by atoms with Gasteiger partial charge in [-0.2, -0.15) is 18.4 Å². The van der Waals surface area contributed by atoms with E-state index in [9.17, 15) is 27.5 Å². The number of rotatable bonds is 6. The molecule has 0 spiro atoms. The van der Waals surface area contributed by atoms with Crippen LogP contribution < -0.4 is 0 Å².